The first-order chi connectivity index (χ1) is 18.0. The average molecular weight is 572 g/mol. The third kappa shape index (κ3) is 6.40. The Bertz CT molecular complexity index is 1500. The number of benzene rings is 3. The highest BCUT2D eigenvalue weighted by atomic mass is 35.5. The molecule has 3 aromatic carbocycles. The van der Waals surface area contributed by atoms with Crippen LogP contribution >= 0.6 is 23.4 Å². The first kappa shape index (κ1) is 27.8. The molecule has 1 heterocycles. The Kier molecular flexibility index (Phi) is 8.50. The summed E-state index contributed by atoms with van der Waals surface area (Å²) in [6.07, 6.45) is 1.45. The number of hydrogen-bond donors (Lipinski definition) is 0. The van der Waals surface area contributed by atoms with Crippen LogP contribution in [0.3, 0.4) is 0 Å². The van der Waals surface area contributed by atoms with Crippen molar-refractivity contribution in [3.8, 4) is 11.5 Å². The molecule has 2 amide bonds. The van der Waals surface area contributed by atoms with Crippen molar-refractivity contribution in [2.75, 3.05) is 13.2 Å². The Labute approximate surface area is 231 Å². The minimum absolute atomic E-state index is 0.0262. The van der Waals surface area contributed by atoms with E-state index in [-0.39, 0.29) is 34.6 Å². The van der Waals surface area contributed by atoms with Crippen LogP contribution in [-0.2, 0) is 14.9 Å². The number of imide groups is 1. The highest BCUT2D eigenvalue weighted by Crippen LogP contribution is 2.35. The van der Waals surface area contributed by atoms with Crippen molar-refractivity contribution in [3.05, 3.63) is 93.3 Å². The number of carbonyl (C=O) groups is 2. The highest BCUT2D eigenvalue weighted by molar-refractivity contribution is 8.18. The molecule has 0 aromatic heterocycles. The van der Waals surface area contributed by atoms with Crippen LogP contribution in [0.5, 0.6) is 11.5 Å². The molecule has 1 aliphatic heterocycles. The van der Waals surface area contributed by atoms with Gasteiger partial charge in [-0.3, -0.25) is 14.5 Å². The topological polar surface area (TPSA) is 90.0 Å². The Morgan fingerprint density at radius 1 is 1.00 bits per heavy atom. The van der Waals surface area contributed by atoms with Crippen molar-refractivity contribution in [3.63, 3.8) is 0 Å². The number of nitrogens with zero attached hydrogens (tertiary/aromatic N) is 1. The highest BCUT2D eigenvalue weighted by Gasteiger charge is 2.35. The van der Waals surface area contributed by atoms with Crippen molar-refractivity contribution in [2.45, 2.75) is 31.6 Å². The number of hydrogen-bond acceptors (Lipinski definition) is 7. The van der Waals surface area contributed by atoms with Crippen LogP contribution in [0.2, 0.25) is 5.02 Å². The van der Waals surface area contributed by atoms with E-state index in [0.717, 1.165) is 33.5 Å². The minimum atomic E-state index is -4.15. The molecule has 0 spiro atoms. The third-order valence-corrected chi connectivity index (χ3v) is 8.15. The van der Waals surface area contributed by atoms with Gasteiger partial charge in [0.05, 0.1) is 11.4 Å². The second-order valence-electron chi connectivity index (χ2n) is 8.91. The number of thioether (sulfide) groups is 1. The lowest BCUT2D eigenvalue weighted by Gasteiger charge is -2.17. The lowest BCUT2D eigenvalue weighted by molar-refractivity contribution is -0.123. The van der Waals surface area contributed by atoms with Gasteiger partial charge < -0.3 is 8.92 Å². The Morgan fingerprint density at radius 3 is 2.42 bits per heavy atom. The number of aryl methyl sites for hydroxylation is 1. The standard InChI is InChI=1S/C28H26ClNO6S2/c1-18(2)23-13-8-19(3)16-25(23)35-15-14-30-27(31)26(37-28(30)32)17-20-6-4-5-7-24(20)36-38(33,34)22-11-9-21(29)10-12-22/h4-13,16-18H,14-15H2,1-3H3/b26-17-. The Hall–Kier alpha value is -3.27. The summed E-state index contributed by atoms with van der Waals surface area (Å²) in [5.41, 5.74) is 2.44. The number of ether oxygens (including phenoxy) is 1. The molecule has 1 saturated heterocycles. The van der Waals surface area contributed by atoms with E-state index < -0.39 is 21.3 Å². The normalized spacial score (nSPS) is 15.0. The zero-order valence-electron chi connectivity index (χ0n) is 21.0. The van der Waals surface area contributed by atoms with Gasteiger partial charge in [-0.25, -0.2) is 0 Å². The first-order valence-corrected chi connectivity index (χ1v) is 14.4. The predicted molar refractivity (Wildman–Crippen MR) is 149 cm³/mol. The summed E-state index contributed by atoms with van der Waals surface area (Å²) >= 11 is 6.63. The monoisotopic (exact) mass is 571 g/mol. The van der Waals surface area contributed by atoms with E-state index in [1.54, 1.807) is 18.2 Å². The first-order valence-electron chi connectivity index (χ1n) is 11.8. The van der Waals surface area contributed by atoms with E-state index in [1.807, 2.05) is 25.1 Å². The molecule has 0 saturated carbocycles. The summed E-state index contributed by atoms with van der Waals surface area (Å²) in [5.74, 6) is 0.539. The van der Waals surface area contributed by atoms with E-state index in [0.29, 0.717) is 10.6 Å². The molecule has 0 unspecified atom stereocenters. The van der Waals surface area contributed by atoms with Crippen LogP contribution in [0.1, 0.15) is 36.5 Å². The quantitative estimate of drug-likeness (QED) is 0.210. The molecule has 0 N–H and O–H groups in total. The van der Waals surface area contributed by atoms with E-state index in [4.69, 9.17) is 20.5 Å². The molecule has 4 rings (SSSR count). The molecule has 0 radical (unpaired) electrons. The fourth-order valence-electron chi connectivity index (χ4n) is 3.77. The van der Waals surface area contributed by atoms with E-state index in [9.17, 15) is 18.0 Å². The number of amides is 2. The lowest BCUT2D eigenvalue weighted by atomic mass is 10.0. The van der Waals surface area contributed by atoms with Gasteiger partial charge >= 0.3 is 10.1 Å². The molecule has 1 fully saturated rings. The maximum absolute atomic E-state index is 13.0. The fourth-order valence-corrected chi connectivity index (χ4v) is 5.70. The van der Waals surface area contributed by atoms with E-state index in [2.05, 4.69) is 13.8 Å². The minimum Gasteiger partial charge on any atom is -0.491 e. The Balaban J connectivity index is 1.48. The molecule has 0 atom stereocenters. The Morgan fingerprint density at radius 2 is 1.71 bits per heavy atom. The van der Waals surface area contributed by atoms with E-state index in [1.165, 1.54) is 36.4 Å². The van der Waals surface area contributed by atoms with E-state index >= 15 is 0 Å². The van der Waals surface area contributed by atoms with Crippen LogP contribution in [0.15, 0.2) is 76.5 Å². The summed E-state index contributed by atoms with van der Waals surface area (Å²) in [5, 5.41) is -0.0323. The molecule has 10 heteroatoms. The molecule has 0 aliphatic carbocycles. The molecule has 198 valence electrons. The molecule has 38 heavy (non-hydrogen) atoms. The maximum atomic E-state index is 13.0. The van der Waals surface area contributed by atoms with Gasteiger partial charge in [-0.1, -0.05) is 55.8 Å². The number of para-hydroxylation sites is 1. The molecular formula is C28H26ClNO6S2. The largest absolute Gasteiger partial charge is 0.491 e. The zero-order valence-corrected chi connectivity index (χ0v) is 23.4. The van der Waals surface area contributed by atoms with Crippen LogP contribution in [0.4, 0.5) is 4.79 Å². The number of halogens is 1. The van der Waals surface area contributed by atoms with Crippen molar-refractivity contribution in [1.82, 2.24) is 4.90 Å². The third-order valence-electron chi connectivity index (χ3n) is 5.74. The van der Waals surface area contributed by atoms with Crippen LogP contribution < -0.4 is 8.92 Å². The second kappa shape index (κ2) is 11.6. The lowest BCUT2D eigenvalue weighted by Crippen LogP contribution is -2.32. The van der Waals surface area contributed by atoms with Crippen LogP contribution in [0, 0.1) is 6.92 Å². The summed E-state index contributed by atoms with van der Waals surface area (Å²) in [6, 6.07) is 17.9. The molecule has 1 aliphatic rings. The van der Waals surface area contributed by atoms with Gasteiger partial charge in [-0.15, -0.1) is 0 Å². The zero-order chi connectivity index (χ0) is 27.4. The van der Waals surface area contributed by atoms with Crippen molar-refractivity contribution < 1.29 is 26.9 Å². The number of carbonyl (C=O) groups excluding carboxylic acids is 2. The summed E-state index contributed by atoms with van der Waals surface area (Å²) in [4.78, 5) is 26.9. The van der Waals surface area contributed by atoms with Gasteiger partial charge in [0.15, 0.2) is 0 Å². The van der Waals surface area contributed by atoms with Crippen LogP contribution in [0.25, 0.3) is 6.08 Å². The summed E-state index contributed by atoms with van der Waals surface area (Å²) in [6.45, 7) is 6.34. The van der Waals surface area contributed by atoms with Crippen LogP contribution in [-0.4, -0.2) is 37.6 Å². The molecule has 3 aromatic rings. The SMILES string of the molecule is Cc1ccc(C(C)C)c(OCCN2C(=O)S/C(=C\c3ccccc3OS(=O)(=O)c3ccc(Cl)cc3)C2=O)c1. The average Bonchev–Trinajstić information content (AvgIpc) is 3.12. The fraction of sp³-hybridized carbons (Fsp3) is 0.214. The van der Waals surface area contributed by atoms with Gasteiger partial charge in [0, 0.05) is 10.6 Å². The van der Waals surface area contributed by atoms with Gasteiger partial charge in [0.2, 0.25) is 0 Å². The predicted octanol–water partition coefficient (Wildman–Crippen LogP) is 6.65. The van der Waals surface area contributed by atoms with Gasteiger partial charge in [0.25, 0.3) is 11.1 Å². The van der Waals surface area contributed by atoms with Crippen molar-refractivity contribution >= 4 is 50.7 Å². The van der Waals surface area contributed by atoms with Crippen molar-refractivity contribution in [2.24, 2.45) is 0 Å². The molecular weight excluding hydrogens is 546 g/mol. The second-order valence-corrected chi connectivity index (χ2v) is 11.9. The van der Waals surface area contributed by atoms with Gasteiger partial charge in [0.1, 0.15) is 23.0 Å². The van der Waals surface area contributed by atoms with Crippen molar-refractivity contribution in [1.29, 1.82) is 0 Å². The maximum Gasteiger partial charge on any atom is 0.339 e. The molecule has 7 nitrogen and oxygen atoms in total. The summed E-state index contributed by atoms with van der Waals surface area (Å²) in [7, 11) is -4.15. The smallest absolute Gasteiger partial charge is 0.339 e. The van der Waals surface area contributed by atoms with Gasteiger partial charge in [-0.2, -0.15) is 8.42 Å². The summed E-state index contributed by atoms with van der Waals surface area (Å²) < 4.78 is 36.8. The molecule has 0 bridgehead atoms. The number of rotatable bonds is 9. The van der Waals surface area contributed by atoms with Gasteiger partial charge in [-0.05, 0) is 78.2 Å².